The van der Waals surface area contributed by atoms with Gasteiger partial charge in [-0.05, 0) is 18.4 Å². The molecule has 3 aromatic heterocycles. The zero-order chi connectivity index (χ0) is 14.9. The highest BCUT2D eigenvalue weighted by Gasteiger charge is 2.05. The summed E-state index contributed by atoms with van der Waals surface area (Å²) in [6, 6.07) is 10.3. The molecule has 0 N–H and O–H groups in total. The van der Waals surface area contributed by atoms with Crippen LogP contribution in [0.1, 0.15) is 11.5 Å². The summed E-state index contributed by atoms with van der Waals surface area (Å²) in [7, 11) is 0. The molecule has 0 bridgehead atoms. The van der Waals surface area contributed by atoms with E-state index in [0.29, 0.717) is 6.54 Å². The molecule has 5 heteroatoms. The predicted molar refractivity (Wildman–Crippen MR) is 84.9 cm³/mol. The standard InChI is InChI=1S/C17H15N5/c1-13-18-6-7-21(13)10-16-11-22(12-20-16)17-8-14-4-2-3-5-15(14)9-19-17/h2-9,11-12H,10H2,1H3. The molecule has 3 heterocycles. The third kappa shape index (κ3) is 2.26. The lowest BCUT2D eigenvalue weighted by Gasteiger charge is -2.03. The number of imidazole rings is 2. The normalized spacial score (nSPS) is 11.1. The smallest absolute Gasteiger partial charge is 0.138 e. The second-order valence-electron chi connectivity index (χ2n) is 5.26. The molecule has 0 spiro atoms. The largest absolute Gasteiger partial charge is 0.329 e. The fourth-order valence-electron chi connectivity index (χ4n) is 2.53. The van der Waals surface area contributed by atoms with Crippen molar-refractivity contribution in [3.05, 3.63) is 73.0 Å². The molecule has 0 amide bonds. The predicted octanol–water partition coefficient (Wildman–Crippen LogP) is 2.97. The van der Waals surface area contributed by atoms with Gasteiger partial charge in [0.2, 0.25) is 0 Å². The van der Waals surface area contributed by atoms with Gasteiger partial charge in [0, 0.05) is 30.2 Å². The first-order valence-electron chi connectivity index (χ1n) is 7.15. The fourth-order valence-corrected chi connectivity index (χ4v) is 2.53. The number of rotatable bonds is 3. The molecule has 0 radical (unpaired) electrons. The Balaban J connectivity index is 1.66. The molecule has 108 valence electrons. The number of hydrogen-bond acceptors (Lipinski definition) is 3. The molecule has 22 heavy (non-hydrogen) atoms. The summed E-state index contributed by atoms with van der Waals surface area (Å²) in [6.45, 7) is 2.70. The average molecular weight is 289 g/mol. The minimum absolute atomic E-state index is 0.715. The van der Waals surface area contributed by atoms with Gasteiger partial charge in [-0.15, -0.1) is 0 Å². The molecule has 0 fully saturated rings. The monoisotopic (exact) mass is 289 g/mol. The number of nitrogens with zero attached hydrogens (tertiary/aromatic N) is 5. The molecule has 0 atom stereocenters. The molecule has 1 aromatic carbocycles. The van der Waals surface area contributed by atoms with E-state index in [4.69, 9.17) is 0 Å². The SMILES string of the molecule is Cc1nccn1Cc1cn(-c2cc3ccccc3cn2)cn1. The highest BCUT2D eigenvalue weighted by molar-refractivity contribution is 5.82. The van der Waals surface area contributed by atoms with Crippen molar-refractivity contribution >= 4 is 10.8 Å². The summed E-state index contributed by atoms with van der Waals surface area (Å²) in [4.78, 5) is 13.2. The Bertz CT molecular complexity index is 935. The van der Waals surface area contributed by atoms with Crippen LogP contribution in [0, 0.1) is 6.92 Å². The molecular weight excluding hydrogens is 274 g/mol. The van der Waals surface area contributed by atoms with Gasteiger partial charge in [0.05, 0.1) is 12.2 Å². The van der Waals surface area contributed by atoms with E-state index in [1.165, 1.54) is 5.39 Å². The lowest BCUT2D eigenvalue weighted by atomic mass is 10.2. The Morgan fingerprint density at radius 3 is 2.73 bits per heavy atom. The van der Waals surface area contributed by atoms with Crippen LogP contribution in [0.3, 0.4) is 0 Å². The average Bonchev–Trinajstić information content (AvgIpc) is 3.17. The first kappa shape index (κ1) is 12.8. The van der Waals surface area contributed by atoms with Crippen molar-refractivity contribution in [2.45, 2.75) is 13.5 Å². The van der Waals surface area contributed by atoms with Gasteiger partial charge in [0.1, 0.15) is 18.0 Å². The Morgan fingerprint density at radius 1 is 1.05 bits per heavy atom. The van der Waals surface area contributed by atoms with Crippen LogP contribution < -0.4 is 0 Å². The maximum atomic E-state index is 4.51. The minimum Gasteiger partial charge on any atom is -0.329 e. The molecule has 5 nitrogen and oxygen atoms in total. The van der Waals surface area contributed by atoms with Gasteiger partial charge in [-0.25, -0.2) is 15.0 Å². The maximum absolute atomic E-state index is 4.51. The molecule has 0 unspecified atom stereocenters. The van der Waals surface area contributed by atoms with E-state index in [9.17, 15) is 0 Å². The number of aryl methyl sites for hydroxylation is 1. The van der Waals surface area contributed by atoms with Crippen LogP contribution >= 0.6 is 0 Å². The first-order chi connectivity index (χ1) is 10.8. The van der Waals surface area contributed by atoms with Gasteiger partial charge in [0.15, 0.2) is 0 Å². The van der Waals surface area contributed by atoms with E-state index in [-0.39, 0.29) is 0 Å². The molecule has 0 saturated heterocycles. The molecule has 4 aromatic rings. The number of pyridine rings is 1. The van der Waals surface area contributed by atoms with Crippen LogP contribution in [0.5, 0.6) is 0 Å². The lowest BCUT2D eigenvalue weighted by molar-refractivity contribution is 0.745. The summed E-state index contributed by atoms with van der Waals surface area (Å²) >= 11 is 0. The third-order valence-electron chi connectivity index (χ3n) is 3.77. The quantitative estimate of drug-likeness (QED) is 0.582. The summed E-state index contributed by atoms with van der Waals surface area (Å²) in [5.41, 5.74) is 0.982. The van der Waals surface area contributed by atoms with Crippen molar-refractivity contribution in [3.8, 4) is 5.82 Å². The molecule has 0 saturated carbocycles. The van der Waals surface area contributed by atoms with Gasteiger partial charge in [-0.3, -0.25) is 4.57 Å². The van der Waals surface area contributed by atoms with Crippen molar-refractivity contribution in [1.82, 2.24) is 24.1 Å². The van der Waals surface area contributed by atoms with Crippen LogP contribution in [-0.2, 0) is 6.54 Å². The van der Waals surface area contributed by atoms with Crippen LogP contribution in [-0.4, -0.2) is 24.1 Å². The van der Waals surface area contributed by atoms with Crippen LogP contribution in [0.2, 0.25) is 0 Å². The van der Waals surface area contributed by atoms with Gasteiger partial charge >= 0.3 is 0 Å². The molecular formula is C17H15N5. The first-order valence-corrected chi connectivity index (χ1v) is 7.15. The second-order valence-corrected chi connectivity index (χ2v) is 5.26. The Labute approximate surface area is 127 Å². The summed E-state index contributed by atoms with van der Waals surface area (Å²) in [5.74, 6) is 1.86. The summed E-state index contributed by atoms with van der Waals surface area (Å²) in [6.07, 6.45) is 9.47. The van der Waals surface area contributed by atoms with E-state index in [0.717, 1.165) is 22.7 Å². The topological polar surface area (TPSA) is 48.5 Å². The van der Waals surface area contributed by atoms with Gasteiger partial charge in [-0.1, -0.05) is 24.3 Å². The zero-order valence-electron chi connectivity index (χ0n) is 12.2. The Morgan fingerprint density at radius 2 is 1.91 bits per heavy atom. The highest BCUT2D eigenvalue weighted by Crippen LogP contribution is 2.16. The van der Waals surface area contributed by atoms with E-state index < -0.39 is 0 Å². The number of benzene rings is 1. The van der Waals surface area contributed by atoms with E-state index in [2.05, 4.69) is 37.7 Å². The zero-order valence-corrected chi connectivity index (χ0v) is 12.2. The van der Waals surface area contributed by atoms with E-state index >= 15 is 0 Å². The molecule has 0 aliphatic carbocycles. The lowest BCUT2D eigenvalue weighted by Crippen LogP contribution is -2.01. The van der Waals surface area contributed by atoms with E-state index in [1.807, 2.05) is 42.2 Å². The molecule has 0 aliphatic heterocycles. The fraction of sp³-hybridized carbons (Fsp3) is 0.118. The number of fused-ring (bicyclic) bond motifs is 1. The summed E-state index contributed by atoms with van der Waals surface area (Å²) < 4.78 is 4.02. The van der Waals surface area contributed by atoms with Crippen LogP contribution in [0.15, 0.2) is 61.4 Å². The van der Waals surface area contributed by atoms with E-state index in [1.54, 1.807) is 12.5 Å². The van der Waals surface area contributed by atoms with Crippen LogP contribution in [0.25, 0.3) is 16.6 Å². The maximum Gasteiger partial charge on any atom is 0.138 e. The van der Waals surface area contributed by atoms with Crippen molar-refractivity contribution in [2.75, 3.05) is 0 Å². The number of hydrogen-bond donors (Lipinski definition) is 0. The van der Waals surface area contributed by atoms with Crippen LogP contribution in [0.4, 0.5) is 0 Å². The molecule has 0 aliphatic rings. The third-order valence-corrected chi connectivity index (χ3v) is 3.77. The summed E-state index contributed by atoms with van der Waals surface area (Å²) in [5, 5.41) is 2.31. The highest BCUT2D eigenvalue weighted by atomic mass is 15.1. The van der Waals surface area contributed by atoms with Crippen molar-refractivity contribution in [3.63, 3.8) is 0 Å². The Hall–Kier alpha value is -2.95. The van der Waals surface area contributed by atoms with Gasteiger partial charge < -0.3 is 4.57 Å². The Kier molecular flexibility index (Phi) is 2.96. The minimum atomic E-state index is 0.715. The second kappa shape index (κ2) is 5.11. The van der Waals surface area contributed by atoms with Crippen molar-refractivity contribution < 1.29 is 0 Å². The van der Waals surface area contributed by atoms with Gasteiger partial charge in [0.25, 0.3) is 0 Å². The molecule has 4 rings (SSSR count). The van der Waals surface area contributed by atoms with Gasteiger partial charge in [-0.2, -0.15) is 0 Å². The van der Waals surface area contributed by atoms with Crippen molar-refractivity contribution in [2.24, 2.45) is 0 Å². The number of aromatic nitrogens is 5. The van der Waals surface area contributed by atoms with Crippen molar-refractivity contribution in [1.29, 1.82) is 0 Å².